The van der Waals surface area contributed by atoms with Crippen molar-refractivity contribution in [1.82, 2.24) is 0 Å². The highest BCUT2D eigenvalue weighted by molar-refractivity contribution is 6.32. The second kappa shape index (κ2) is 10.2. The number of halogens is 1. The largest absolute Gasteiger partial charge is 0.495 e. The van der Waals surface area contributed by atoms with E-state index in [1.807, 2.05) is 0 Å². The first-order valence-electron chi connectivity index (χ1n) is 9.35. The zero-order valence-electron chi connectivity index (χ0n) is 18.0. The molecule has 166 valence electrons. The molecule has 8 nitrogen and oxygen atoms in total. The maximum Gasteiger partial charge on any atom is 0.338 e. The average molecular weight is 449 g/mol. The molecule has 0 aliphatic heterocycles. The van der Waals surface area contributed by atoms with Gasteiger partial charge in [0.25, 0.3) is 5.91 Å². The normalized spacial score (nSPS) is 10.8. The van der Waals surface area contributed by atoms with Gasteiger partial charge in [0.05, 0.1) is 30.5 Å². The van der Waals surface area contributed by atoms with E-state index in [1.165, 1.54) is 38.5 Å². The summed E-state index contributed by atoms with van der Waals surface area (Å²) in [6, 6.07) is 9.28. The highest BCUT2D eigenvalue weighted by Gasteiger charge is 2.21. The topological polar surface area (TPSA) is 103 Å². The van der Waals surface area contributed by atoms with Gasteiger partial charge >= 0.3 is 5.97 Å². The van der Waals surface area contributed by atoms with Crippen molar-refractivity contribution in [2.75, 3.05) is 31.5 Å². The van der Waals surface area contributed by atoms with Crippen molar-refractivity contribution >= 4 is 40.8 Å². The van der Waals surface area contributed by atoms with Gasteiger partial charge in [0.15, 0.2) is 6.61 Å². The first kappa shape index (κ1) is 24.0. The standard InChI is InChI=1S/C22H25ClN2O6/c1-22(2,3)21(28)24-14-8-6-7-13(9-14)20(27)31-12-19(26)25-16-11-17(29-4)15(23)10-18(16)30-5/h6-11H,12H2,1-5H3,(H,24,28)(H,25,26). The van der Waals surface area contributed by atoms with Crippen LogP contribution in [0.3, 0.4) is 0 Å². The fraction of sp³-hybridized carbons (Fsp3) is 0.318. The van der Waals surface area contributed by atoms with Gasteiger partial charge in [-0.15, -0.1) is 0 Å². The lowest BCUT2D eigenvalue weighted by Crippen LogP contribution is -2.27. The first-order chi connectivity index (χ1) is 14.5. The summed E-state index contributed by atoms with van der Waals surface area (Å²) in [5.41, 5.74) is 0.388. The minimum atomic E-state index is -0.706. The van der Waals surface area contributed by atoms with Crippen LogP contribution in [0.2, 0.25) is 5.02 Å². The van der Waals surface area contributed by atoms with Crippen molar-refractivity contribution in [2.45, 2.75) is 20.8 Å². The number of esters is 1. The number of carbonyl (C=O) groups excluding carboxylic acids is 3. The molecule has 2 aromatic rings. The van der Waals surface area contributed by atoms with Crippen LogP contribution in [-0.4, -0.2) is 38.6 Å². The lowest BCUT2D eigenvalue weighted by atomic mass is 9.95. The van der Waals surface area contributed by atoms with E-state index in [0.29, 0.717) is 27.9 Å². The highest BCUT2D eigenvalue weighted by atomic mass is 35.5. The predicted molar refractivity (Wildman–Crippen MR) is 118 cm³/mol. The molecule has 0 atom stereocenters. The van der Waals surface area contributed by atoms with E-state index in [0.717, 1.165) is 0 Å². The van der Waals surface area contributed by atoms with Crippen LogP contribution in [0.5, 0.6) is 11.5 Å². The fourth-order valence-electron chi connectivity index (χ4n) is 2.40. The number of benzene rings is 2. The first-order valence-corrected chi connectivity index (χ1v) is 9.73. The smallest absolute Gasteiger partial charge is 0.338 e. The number of methoxy groups -OCH3 is 2. The van der Waals surface area contributed by atoms with Gasteiger partial charge in [-0.3, -0.25) is 9.59 Å². The summed E-state index contributed by atoms with van der Waals surface area (Å²) in [6.45, 7) is 4.82. The molecule has 0 radical (unpaired) electrons. The Morgan fingerprint density at radius 2 is 1.65 bits per heavy atom. The van der Waals surface area contributed by atoms with E-state index in [1.54, 1.807) is 32.9 Å². The Hall–Kier alpha value is -3.26. The van der Waals surface area contributed by atoms with Gasteiger partial charge in [0.1, 0.15) is 11.5 Å². The fourth-order valence-corrected chi connectivity index (χ4v) is 2.63. The van der Waals surface area contributed by atoms with Crippen molar-refractivity contribution in [3.8, 4) is 11.5 Å². The molecular formula is C22H25ClN2O6. The zero-order chi connectivity index (χ0) is 23.2. The molecule has 0 bridgehead atoms. The Balaban J connectivity index is 2.01. The van der Waals surface area contributed by atoms with Crippen LogP contribution < -0.4 is 20.1 Å². The number of ether oxygens (including phenoxy) is 3. The Morgan fingerprint density at radius 1 is 0.968 bits per heavy atom. The van der Waals surface area contributed by atoms with Crippen LogP contribution >= 0.6 is 11.6 Å². The molecule has 0 heterocycles. The number of rotatable bonds is 7. The second-order valence-electron chi connectivity index (χ2n) is 7.60. The average Bonchev–Trinajstić information content (AvgIpc) is 2.72. The second-order valence-corrected chi connectivity index (χ2v) is 8.00. The lowest BCUT2D eigenvalue weighted by Gasteiger charge is -2.17. The molecular weight excluding hydrogens is 424 g/mol. The van der Waals surface area contributed by atoms with E-state index in [4.69, 9.17) is 25.8 Å². The summed E-state index contributed by atoms with van der Waals surface area (Å²) < 4.78 is 15.4. The molecule has 0 unspecified atom stereocenters. The van der Waals surface area contributed by atoms with Crippen molar-refractivity contribution in [3.05, 3.63) is 47.0 Å². The molecule has 2 rings (SSSR count). The summed E-state index contributed by atoms with van der Waals surface area (Å²) in [5.74, 6) is -0.794. The van der Waals surface area contributed by atoms with Gasteiger partial charge in [-0.05, 0) is 18.2 Å². The van der Waals surface area contributed by atoms with Crippen LogP contribution in [0, 0.1) is 5.41 Å². The Bertz CT molecular complexity index is 984. The molecule has 0 fully saturated rings. The van der Waals surface area contributed by atoms with Crippen LogP contribution in [0.4, 0.5) is 11.4 Å². The third-order valence-electron chi connectivity index (χ3n) is 4.12. The van der Waals surface area contributed by atoms with Gasteiger partial charge in [-0.2, -0.15) is 0 Å². The summed E-state index contributed by atoms with van der Waals surface area (Å²) in [4.78, 5) is 36.7. The van der Waals surface area contributed by atoms with E-state index in [2.05, 4.69) is 10.6 Å². The van der Waals surface area contributed by atoms with Gasteiger partial charge in [-0.1, -0.05) is 38.4 Å². The molecule has 2 N–H and O–H groups in total. The minimum Gasteiger partial charge on any atom is -0.495 e. The van der Waals surface area contributed by atoms with Crippen LogP contribution in [0.15, 0.2) is 36.4 Å². The monoisotopic (exact) mass is 448 g/mol. The van der Waals surface area contributed by atoms with E-state index in [9.17, 15) is 14.4 Å². The molecule has 0 saturated heterocycles. The van der Waals surface area contributed by atoms with Crippen LogP contribution in [0.1, 0.15) is 31.1 Å². The quantitative estimate of drug-likeness (QED) is 0.617. The van der Waals surface area contributed by atoms with Gasteiger partial charge in [0, 0.05) is 23.2 Å². The molecule has 0 aromatic heterocycles. The van der Waals surface area contributed by atoms with E-state index >= 15 is 0 Å². The molecule has 31 heavy (non-hydrogen) atoms. The molecule has 0 spiro atoms. The summed E-state index contributed by atoms with van der Waals surface area (Å²) in [7, 11) is 2.87. The maximum absolute atomic E-state index is 12.3. The SMILES string of the molecule is COc1cc(NC(=O)COC(=O)c2cccc(NC(=O)C(C)(C)C)c2)c(OC)cc1Cl. The molecule has 0 aliphatic rings. The number of carbonyl (C=O) groups is 3. The summed E-state index contributed by atoms with van der Waals surface area (Å²) in [6.07, 6.45) is 0. The third-order valence-corrected chi connectivity index (χ3v) is 4.42. The lowest BCUT2D eigenvalue weighted by molar-refractivity contribution is -0.123. The molecule has 2 amide bonds. The van der Waals surface area contributed by atoms with Crippen LogP contribution in [-0.2, 0) is 14.3 Å². The zero-order valence-corrected chi connectivity index (χ0v) is 18.8. The minimum absolute atomic E-state index is 0.190. The van der Waals surface area contributed by atoms with E-state index in [-0.39, 0.29) is 11.5 Å². The van der Waals surface area contributed by atoms with Crippen molar-refractivity contribution in [3.63, 3.8) is 0 Å². The highest BCUT2D eigenvalue weighted by Crippen LogP contribution is 2.35. The van der Waals surface area contributed by atoms with Gasteiger partial charge in [0.2, 0.25) is 5.91 Å². The summed E-state index contributed by atoms with van der Waals surface area (Å²) in [5, 5.41) is 5.65. The van der Waals surface area contributed by atoms with Crippen molar-refractivity contribution < 1.29 is 28.6 Å². The summed E-state index contributed by atoms with van der Waals surface area (Å²) >= 11 is 6.04. The Morgan fingerprint density at radius 3 is 2.26 bits per heavy atom. The molecule has 2 aromatic carbocycles. The molecule has 9 heteroatoms. The van der Waals surface area contributed by atoms with Crippen molar-refractivity contribution in [1.29, 1.82) is 0 Å². The molecule has 0 saturated carbocycles. The third kappa shape index (κ3) is 6.62. The van der Waals surface area contributed by atoms with Crippen molar-refractivity contribution in [2.24, 2.45) is 5.41 Å². The number of anilines is 2. The number of hydrogen-bond donors (Lipinski definition) is 2. The van der Waals surface area contributed by atoms with Gasteiger partial charge < -0.3 is 24.8 Å². The number of nitrogens with one attached hydrogen (secondary N) is 2. The van der Waals surface area contributed by atoms with Gasteiger partial charge in [-0.25, -0.2) is 4.79 Å². The van der Waals surface area contributed by atoms with E-state index < -0.39 is 23.9 Å². The molecule has 0 aliphatic carbocycles. The number of amides is 2. The predicted octanol–water partition coefficient (Wildman–Crippen LogP) is 4.14. The Kier molecular flexibility index (Phi) is 7.88. The maximum atomic E-state index is 12.3. The Labute approximate surface area is 185 Å². The van der Waals surface area contributed by atoms with Crippen LogP contribution in [0.25, 0.3) is 0 Å². The number of hydrogen-bond acceptors (Lipinski definition) is 6.